The maximum absolute atomic E-state index is 13.3. The Kier molecular flexibility index (Phi) is 8.65. The van der Waals surface area contributed by atoms with E-state index in [9.17, 15) is 4.79 Å². The number of anilines is 1. The SMILES string of the molecule is O=C(NCCCN1CCN(CCCNc2ccnc3cc(Cl)ccc23)CC1)C1c2ccccc2Oc2ccccc21. The summed E-state index contributed by atoms with van der Waals surface area (Å²) in [6, 6.07) is 23.5. The van der Waals surface area contributed by atoms with Crippen molar-refractivity contribution in [3.63, 3.8) is 0 Å². The lowest BCUT2D eigenvalue weighted by molar-refractivity contribution is -0.121. The van der Waals surface area contributed by atoms with E-state index in [1.54, 1.807) is 0 Å². The molecule has 0 atom stereocenters. The van der Waals surface area contributed by atoms with E-state index in [2.05, 4.69) is 25.4 Å². The number of carbonyl (C=O) groups excluding carboxylic acids is 1. The number of para-hydroxylation sites is 2. The van der Waals surface area contributed by atoms with Crippen molar-refractivity contribution in [2.24, 2.45) is 0 Å². The highest BCUT2D eigenvalue weighted by Crippen LogP contribution is 2.43. The maximum atomic E-state index is 13.3. The molecule has 1 amide bonds. The second-order valence-electron chi connectivity index (χ2n) is 10.7. The minimum Gasteiger partial charge on any atom is -0.457 e. The van der Waals surface area contributed by atoms with Crippen LogP contribution in [0.25, 0.3) is 10.9 Å². The first-order valence-electron chi connectivity index (χ1n) is 14.5. The fourth-order valence-corrected chi connectivity index (χ4v) is 6.01. The molecule has 1 saturated heterocycles. The Morgan fingerprint density at radius 2 is 1.49 bits per heavy atom. The number of piperazine rings is 1. The van der Waals surface area contributed by atoms with Crippen LogP contribution in [0, 0.1) is 0 Å². The molecule has 212 valence electrons. The average Bonchev–Trinajstić information content (AvgIpc) is 3.00. The number of nitrogens with one attached hydrogen (secondary N) is 2. The van der Waals surface area contributed by atoms with Crippen molar-refractivity contribution in [2.75, 3.05) is 57.7 Å². The van der Waals surface area contributed by atoms with Crippen LogP contribution in [-0.4, -0.2) is 73.0 Å². The summed E-state index contributed by atoms with van der Waals surface area (Å²) in [7, 11) is 0. The van der Waals surface area contributed by atoms with Gasteiger partial charge in [0.1, 0.15) is 11.5 Å². The third-order valence-corrected chi connectivity index (χ3v) is 8.26. The van der Waals surface area contributed by atoms with Crippen LogP contribution in [0.1, 0.15) is 29.9 Å². The molecule has 0 saturated carbocycles. The van der Waals surface area contributed by atoms with Gasteiger partial charge < -0.3 is 25.2 Å². The molecule has 2 N–H and O–H groups in total. The van der Waals surface area contributed by atoms with E-state index in [1.807, 2.05) is 79.0 Å². The molecule has 0 unspecified atom stereocenters. The van der Waals surface area contributed by atoms with E-state index >= 15 is 0 Å². The van der Waals surface area contributed by atoms with Gasteiger partial charge in [-0.2, -0.15) is 0 Å². The number of hydrogen-bond acceptors (Lipinski definition) is 6. The third kappa shape index (κ3) is 6.48. The van der Waals surface area contributed by atoms with Gasteiger partial charge in [0.2, 0.25) is 5.91 Å². The van der Waals surface area contributed by atoms with Crippen LogP contribution in [0.4, 0.5) is 5.69 Å². The normalized spacial score (nSPS) is 15.6. The van der Waals surface area contributed by atoms with Crippen LogP contribution in [0.15, 0.2) is 79.0 Å². The molecule has 1 fully saturated rings. The van der Waals surface area contributed by atoms with Crippen LogP contribution >= 0.6 is 11.6 Å². The Hall–Kier alpha value is -3.65. The van der Waals surface area contributed by atoms with Gasteiger partial charge in [-0.3, -0.25) is 9.78 Å². The molecule has 3 heterocycles. The van der Waals surface area contributed by atoms with Gasteiger partial charge in [0.05, 0.1) is 11.4 Å². The topological polar surface area (TPSA) is 69.7 Å². The first-order valence-corrected chi connectivity index (χ1v) is 14.9. The molecule has 6 rings (SSSR count). The first-order chi connectivity index (χ1) is 20.2. The van der Waals surface area contributed by atoms with Crippen molar-refractivity contribution < 1.29 is 9.53 Å². The Balaban J connectivity index is 0.901. The van der Waals surface area contributed by atoms with Crippen molar-refractivity contribution in [3.8, 4) is 11.5 Å². The summed E-state index contributed by atoms with van der Waals surface area (Å²) in [4.78, 5) is 22.8. The standard InChI is InChI=1S/C33H36ClN5O2/c34-24-11-12-25-28(13-16-36-29(25)23-24)35-14-5-17-38-19-21-39(22-20-38)18-6-15-37-33(40)32-26-7-1-3-9-30(26)41-31-10-4-2-8-27(31)32/h1-4,7-13,16,23,32H,5-6,14-15,17-22H2,(H,35,36)(H,37,40). The van der Waals surface area contributed by atoms with Gasteiger partial charge in [-0.05, 0) is 62.3 Å². The lowest BCUT2D eigenvalue weighted by Crippen LogP contribution is -2.47. The predicted octanol–water partition coefficient (Wildman–Crippen LogP) is 5.75. The van der Waals surface area contributed by atoms with E-state index < -0.39 is 0 Å². The molecule has 4 aromatic rings. The Labute approximate surface area is 246 Å². The predicted molar refractivity (Wildman–Crippen MR) is 165 cm³/mol. The van der Waals surface area contributed by atoms with Crippen LogP contribution < -0.4 is 15.4 Å². The zero-order valence-electron chi connectivity index (χ0n) is 23.2. The van der Waals surface area contributed by atoms with Gasteiger partial charge in [0, 0.05) is 72.7 Å². The van der Waals surface area contributed by atoms with Crippen LogP contribution in [0.3, 0.4) is 0 Å². The van der Waals surface area contributed by atoms with Crippen LogP contribution in [0.5, 0.6) is 11.5 Å². The fourth-order valence-electron chi connectivity index (χ4n) is 5.85. The van der Waals surface area contributed by atoms with Gasteiger partial charge in [-0.15, -0.1) is 0 Å². The molecule has 2 aliphatic rings. The van der Waals surface area contributed by atoms with E-state index in [1.165, 1.54) is 0 Å². The van der Waals surface area contributed by atoms with Crippen molar-refractivity contribution >= 4 is 34.1 Å². The number of hydrogen-bond donors (Lipinski definition) is 2. The van der Waals surface area contributed by atoms with Gasteiger partial charge in [0.15, 0.2) is 0 Å². The summed E-state index contributed by atoms with van der Waals surface area (Å²) in [5, 5.41) is 8.57. The molecule has 0 aliphatic carbocycles. The molecule has 3 aromatic carbocycles. The van der Waals surface area contributed by atoms with Gasteiger partial charge in [-0.25, -0.2) is 0 Å². The molecule has 8 heteroatoms. The molecular weight excluding hydrogens is 534 g/mol. The van der Waals surface area contributed by atoms with Crippen molar-refractivity contribution in [1.29, 1.82) is 0 Å². The van der Waals surface area contributed by atoms with Gasteiger partial charge in [-0.1, -0.05) is 48.0 Å². The molecular formula is C33H36ClN5O2. The average molecular weight is 570 g/mol. The summed E-state index contributed by atoms with van der Waals surface area (Å²) in [6.07, 6.45) is 3.85. The number of fused-ring (bicyclic) bond motifs is 3. The number of halogens is 1. The van der Waals surface area contributed by atoms with Crippen LogP contribution in [-0.2, 0) is 4.79 Å². The lowest BCUT2D eigenvalue weighted by atomic mass is 9.87. The molecule has 7 nitrogen and oxygen atoms in total. The van der Waals surface area contributed by atoms with E-state index in [0.29, 0.717) is 11.6 Å². The molecule has 0 spiro atoms. The quantitative estimate of drug-likeness (QED) is 0.237. The Morgan fingerprint density at radius 3 is 2.17 bits per heavy atom. The number of carbonyl (C=O) groups is 1. The largest absolute Gasteiger partial charge is 0.457 e. The Morgan fingerprint density at radius 1 is 0.854 bits per heavy atom. The number of benzene rings is 3. The highest BCUT2D eigenvalue weighted by atomic mass is 35.5. The molecule has 0 bridgehead atoms. The van der Waals surface area contributed by atoms with Crippen molar-refractivity contribution in [2.45, 2.75) is 18.8 Å². The highest BCUT2D eigenvalue weighted by Gasteiger charge is 2.32. The highest BCUT2D eigenvalue weighted by molar-refractivity contribution is 6.31. The minimum atomic E-state index is -0.343. The van der Waals surface area contributed by atoms with Crippen molar-refractivity contribution in [3.05, 3.63) is 95.1 Å². The smallest absolute Gasteiger partial charge is 0.232 e. The van der Waals surface area contributed by atoms with E-state index in [-0.39, 0.29) is 11.8 Å². The number of nitrogens with zero attached hydrogens (tertiary/aromatic N) is 3. The molecule has 0 radical (unpaired) electrons. The van der Waals surface area contributed by atoms with E-state index in [0.717, 1.165) is 97.9 Å². The lowest BCUT2D eigenvalue weighted by Gasteiger charge is -2.34. The maximum Gasteiger partial charge on any atom is 0.232 e. The third-order valence-electron chi connectivity index (χ3n) is 8.03. The fraction of sp³-hybridized carbons (Fsp3) is 0.333. The summed E-state index contributed by atoms with van der Waals surface area (Å²) < 4.78 is 6.04. The molecule has 41 heavy (non-hydrogen) atoms. The summed E-state index contributed by atoms with van der Waals surface area (Å²) in [6.45, 7) is 7.97. The van der Waals surface area contributed by atoms with Crippen LogP contribution in [0.2, 0.25) is 5.02 Å². The number of amides is 1. The second-order valence-corrected chi connectivity index (χ2v) is 11.2. The van der Waals surface area contributed by atoms with Gasteiger partial charge in [0.25, 0.3) is 0 Å². The summed E-state index contributed by atoms with van der Waals surface area (Å²) in [5.74, 6) is 1.22. The monoisotopic (exact) mass is 569 g/mol. The van der Waals surface area contributed by atoms with Crippen molar-refractivity contribution in [1.82, 2.24) is 20.1 Å². The second kappa shape index (κ2) is 12.9. The molecule has 2 aliphatic heterocycles. The summed E-state index contributed by atoms with van der Waals surface area (Å²) >= 11 is 6.11. The minimum absolute atomic E-state index is 0.0372. The zero-order chi connectivity index (χ0) is 28.0. The number of aromatic nitrogens is 1. The van der Waals surface area contributed by atoms with Gasteiger partial charge >= 0.3 is 0 Å². The number of ether oxygens (including phenoxy) is 1. The first kappa shape index (κ1) is 27.5. The number of rotatable bonds is 10. The van der Waals surface area contributed by atoms with E-state index in [4.69, 9.17) is 16.3 Å². The zero-order valence-corrected chi connectivity index (χ0v) is 23.9. The Bertz CT molecular complexity index is 1460. The molecule has 1 aromatic heterocycles. The number of pyridine rings is 1. The summed E-state index contributed by atoms with van der Waals surface area (Å²) in [5.41, 5.74) is 3.87.